The third kappa shape index (κ3) is 3.85. The van der Waals surface area contributed by atoms with E-state index in [1.54, 1.807) is 24.0 Å². The highest BCUT2D eigenvalue weighted by molar-refractivity contribution is 9.10. The van der Waals surface area contributed by atoms with Crippen LogP contribution in [0.15, 0.2) is 22.7 Å². The number of nitrogens with zero attached hydrogens (tertiary/aromatic N) is 1. The van der Waals surface area contributed by atoms with Gasteiger partial charge in [0.1, 0.15) is 5.82 Å². The molecule has 0 bridgehead atoms. The molecule has 1 saturated heterocycles. The quantitative estimate of drug-likeness (QED) is 0.910. The van der Waals surface area contributed by atoms with Gasteiger partial charge in [0.05, 0.1) is 11.1 Å². The number of carbonyl (C=O) groups is 1. The van der Waals surface area contributed by atoms with Gasteiger partial charge >= 0.3 is 6.09 Å². The smallest absolute Gasteiger partial charge is 0.409 e. The fourth-order valence-corrected chi connectivity index (χ4v) is 2.62. The van der Waals surface area contributed by atoms with E-state index in [1.165, 1.54) is 6.07 Å². The lowest BCUT2D eigenvalue weighted by atomic mass is 10.1. The van der Waals surface area contributed by atoms with Crippen LogP contribution in [0.4, 0.5) is 14.9 Å². The number of nitrogens with one attached hydrogen (secondary N) is 1. The van der Waals surface area contributed by atoms with Gasteiger partial charge in [-0.15, -0.1) is 0 Å². The molecular weight excluding hydrogens is 327 g/mol. The van der Waals surface area contributed by atoms with E-state index in [9.17, 15) is 9.18 Å². The van der Waals surface area contributed by atoms with Crippen molar-refractivity contribution in [3.8, 4) is 0 Å². The normalized spacial score (nSPS) is 16.1. The molecule has 0 aromatic heterocycles. The summed E-state index contributed by atoms with van der Waals surface area (Å²) in [5.74, 6) is -0.271. The van der Waals surface area contributed by atoms with E-state index in [1.807, 2.05) is 0 Å². The Morgan fingerprint density at radius 3 is 2.80 bits per heavy atom. The van der Waals surface area contributed by atoms with Gasteiger partial charge in [-0.2, -0.15) is 0 Å². The average molecular weight is 345 g/mol. The summed E-state index contributed by atoms with van der Waals surface area (Å²) in [7, 11) is 0. The topological polar surface area (TPSA) is 41.6 Å². The van der Waals surface area contributed by atoms with Crippen LogP contribution < -0.4 is 5.32 Å². The second kappa shape index (κ2) is 6.92. The Balaban J connectivity index is 1.85. The first-order valence-corrected chi connectivity index (χ1v) is 7.52. The number of halogens is 2. The number of ether oxygens (including phenoxy) is 1. The Labute approximate surface area is 126 Å². The molecule has 0 atom stereocenters. The Hall–Kier alpha value is -1.30. The molecule has 1 N–H and O–H groups in total. The zero-order valence-corrected chi connectivity index (χ0v) is 13.0. The van der Waals surface area contributed by atoms with Crippen molar-refractivity contribution in [1.29, 1.82) is 0 Å². The fraction of sp³-hybridized carbons (Fsp3) is 0.500. The second-order valence-electron chi connectivity index (χ2n) is 4.73. The van der Waals surface area contributed by atoms with Crippen molar-refractivity contribution in [2.24, 2.45) is 0 Å². The van der Waals surface area contributed by atoms with Crippen molar-refractivity contribution >= 4 is 27.7 Å². The Morgan fingerprint density at radius 2 is 2.20 bits per heavy atom. The Kier molecular flexibility index (Phi) is 5.23. The van der Waals surface area contributed by atoms with Crippen LogP contribution in [0, 0.1) is 5.82 Å². The predicted molar refractivity (Wildman–Crippen MR) is 79.3 cm³/mol. The number of hydrogen-bond acceptors (Lipinski definition) is 3. The number of hydrogen-bond donors (Lipinski definition) is 1. The van der Waals surface area contributed by atoms with Gasteiger partial charge in [0, 0.05) is 24.8 Å². The van der Waals surface area contributed by atoms with E-state index in [0.29, 0.717) is 24.2 Å². The number of likely N-dealkylation sites (tertiary alicyclic amines) is 1. The third-order valence-corrected chi connectivity index (χ3v) is 3.92. The minimum atomic E-state index is -0.271. The van der Waals surface area contributed by atoms with Crippen LogP contribution in [0.3, 0.4) is 0 Å². The molecule has 1 aliphatic rings. The molecule has 0 saturated carbocycles. The molecule has 1 aliphatic heterocycles. The van der Waals surface area contributed by atoms with Crippen LogP contribution in [0.25, 0.3) is 0 Å². The van der Waals surface area contributed by atoms with E-state index >= 15 is 0 Å². The number of benzene rings is 1. The molecule has 4 nitrogen and oxygen atoms in total. The second-order valence-corrected chi connectivity index (χ2v) is 5.59. The van der Waals surface area contributed by atoms with Crippen LogP contribution >= 0.6 is 15.9 Å². The Bertz CT molecular complexity index is 476. The molecule has 1 fully saturated rings. The lowest BCUT2D eigenvalue weighted by molar-refractivity contribution is 0.0983. The van der Waals surface area contributed by atoms with Crippen molar-refractivity contribution in [2.45, 2.75) is 25.8 Å². The summed E-state index contributed by atoms with van der Waals surface area (Å²) in [5.41, 5.74) is 0.882. The molecule has 110 valence electrons. The molecule has 0 unspecified atom stereocenters. The van der Waals surface area contributed by atoms with Gasteiger partial charge in [-0.25, -0.2) is 9.18 Å². The van der Waals surface area contributed by atoms with Gasteiger partial charge in [-0.1, -0.05) is 0 Å². The molecule has 2 rings (SSSR count). The molecule has 0 spiro atoms. The van der Waals surface area contributed by atoms with Crippen molar-refractivity contribution < 1.29 is 13.9 Å². The van der Waals surface area contributed by atoms with E-state index in [2.05, 4.69) is 21.2 Å². The highest BCUT2D eigenvalue weighted by Gasteiger charge is 2.23. The summed E-state index contributed by atoms with van der Waals surface area (Å²) >= 11 is 3.17. The first kappa shape index (κ1) is 15.1. The Morgan fingerprint density at radius 1 is 1.50 bits per heavy atom. The predicted octanol–water partition coefficient (Wildman–Crippen LogP) is 3.62. The number of rotatable bonds is 3. The van der Waals surface area contributed by atoms with Crippen LogP contribution in [0.2, 0.25) is 0 Å². The van der Waals surface area contributed by atoms with Gasteiger partial charge in [-0.05, 0) is 53.9 Å². The first-order valence-electron chi connectivity index (χ1n) is 6.73. The summed E-state index contributed by atoms with van der Waals surface area (Å²) in [6, 6.07) is 5.17. The maximum absolute atomic E-state index is 13.2. The summed E-state index contributed by atoms with van der Waals surface area (Å²) in [4.78, 5) is 13.3. The number of anilines is 1. The largest absolute Gasteiger partial charge is 0.450 e. The van der Waals surface area contributed by atoms with Gasteiger partial charge in [0.25, 0.3) is 0 Å². The molecule has 1 aromatic rings. The monoisotopic (exact) mass is 344 g/mol. The number of piperidine rings is 1. The highest BCUT2D eigenvalue weighted by Crippen LogP contribution is 2.22. The van der Waals surface area contributed by atoms with E-state index in [4.69, 9.17) is 4.74 Å². The summed E-state index contributed by atoms with van der Waals surface area (Å²) in [6.45, 7) is 3.57. The zero-order chi connectivity index (χ0) is 14.5. The maximum Gasteiger partial charge on any atom is 0.409 e. The summed E-state index contributed by atoms with van der Waals surface area (Å²) < 4.78 is 18.6. The van der Waals surface area contributed by atoms with Crippen LogP contribution in [0.5, 0.6) is 0 Å². The molecule has 0 radical (unpaired) electrons. The minimum Gasteiger partial charge on any atom is -0.450 e. The standard InChI is InChI=1S/C14H18BrFN2O2/c1-2-20-14(19)18-7-5-10(6-8-18)17-11-3-4-13(16)12(15)9-11/h3-4,9-10,17H,2,5-8H2,1H3. The van der Waals surface area contributed by atoms with Crippen LogP contribution in [0.1, 0.15) is 19.8 Å². The number of carbonyl (C=O) groups excluding carboxylic acids is 1. The summed E-state index contributed by atoms with van der Waals surface area (Å²) in [5, 5.41) is 3.36. The van der Waals surface area contributed by atoms with Gasteiger partial charge < -0.3 is 15.0 Å². The van der Waals surface area contributed by atoms with Gasteiger partial charge in [0.15, 0.2) is 0 Å². The zero-order valence-electron chi connectivity index (χ0n) is 11.4. The highest BCUT2D eigenvalue weighted by atomic mass is 79.9. The van der Waals surface area contributed by atoms with E-state index < -0.39 is 0 Å². The van der Waals surface area contributed by atoms with E-state index in [-0.39, 0.29) is 18.0 Å². The number of amides is 1. The lowest BCUT2D eigenvalue weighted by Crippen LogP contribution is -2.42. The molecule has 1 heterocycles. The first-order chi connectivity index (χ1) is 9.60. The molecule has 6 heteroatoms. The van der Waals surface area contributed by atoms with Crippen LogP contribution in [-0.4, -0.2) is 36.7 Å². The summed E-state index contributed by atoms with van der Waals surface area (Å²) in [6.07, 6.45) is 1.47. The van der Waals surface area contributed by atoms with Crippen molar-refractivity contribution in [2.75, 3.05) is 25.0 Å². The maximum atomic E-state index is 13.2. The fourth-order valence-electron chi connectivity index (χ4n) is 2.24. The molecule has 0 aliphatic carbocycles. The van der Waals surface area contributed by atoms with E-state index in [0.717, 1.165) is 18.5 Å². The van der Waals surface area contributed by atoms with Gasteiger partial charge in [0.2, 0.25) is 0 Å². The third-order valence-electron chi connectivity index (χ3n) is 3.31. The average Bonchev–Trinajstić information content (AvgIpc) is 2.44. The molecule has 1 amide bonds. The molecular formula is C14H18BrFN2O2. The SMILES string of the molecule is CCOC(=O)N1CCC(Nc2ccc(F)c(Br)c2)CC1. The minimum absolute atomic E-state index is 0.240. The van der Waals surface area contributed by atoms with Crippen LogP contribution in [-0.2, 0) is 4.74 Å². The van der Waals surface area contributed by atoms with Crippen molar-refractivity contribution in [1.82, 2.24) is 4.90 Å². The molecule has 1 aromatic carbocycles. The van der Waals surface area contributed by atoms with Gasteiger partial charge in [-0.3, -0.25) is 0 Å². The van der Waals surface area contributed by atoms with Crippen molar-refractivity contribution in [3.05, 3.63) is 28.5 Å². The van der Waals surface area contributed by atoms with Crippen molar-refractivity contribution in [3.63, 3.8) is 0 Å². The molecule has 20 heavy (non-hydrogen) atoms. The lowest BCUT2D eigenvalue weighted by Gasteiger charge is -2.32.